The van der Waals surface area contributed by atoms with Gasteiger partial charge in [-0.1, -0.05) is 19.8 Å². The Balaban J connectivity index is 4.23. The SMILES string of the molecule is CCCCCN[C@@H](CC(=O)O)C(=O)NCCS(=O)(=O)O. The third-order valence-electron chi connectivity index (χ3n) is 2.53. The van der Waals surface area contributed by atoms with Crippen LogP contribution in [0.15, 0.2) is 0 Å². The van der Waals surface area contributed by atoms with E-state index in [4.69, 9.17) is 9.66 Å². The van der Waals surface area contributed by atoms with Crippen LogP contribution in [0.3, 0.4) is 0 Å². The van der Waals surface area contributed by atoms with Crippen molar-refractivity contribution in [3.63, 3.8) is 0 Å². The average Bonchev–Trinajstić information content (AvgIpc) is 2.30. The Bertz CT molecular complexity index is 409. The van der Waals surface area contributed by atoms with Crippen LogP contribution in [0.4, 0.5) is 0 Å². The highest BCUT2D eigenvalue weighted by molar-refractivity contribution is 7.85. The van der Waals surface area contributed by atoms with Gasteiger partial charge in [-0.05, 0) is 13.0 Å². The number of nitrogens with one attached hydrogen (secondary N) is 2. The molecule has 8 nitrogen and oxygen atoms in total. The molecule has 4 N–H and O–H groups in total. The number of rotatable bonds is 11. The molecule has 0 aromatic rings. The Labute approximate surface area is 118 Å². The van der Waals surface area contributed by atoms with Crippen LogP contribution in [0, 0.1) is 0 Å². The molecule has 0 radical (unpaired) electrons. The van der Waals surface area contributed by atoms with Gasteiger partial charge in [0.1, 0.15) is 0 Å². The second-order valence-electron chi connectivity index (χ2n) is 4.39. The first-order valence-corrected chi connectivity index (χ1v) is 8.05. The normalized spacial score (nSPS) is 12.9. The van der Waals surface area contributed by atoms with Crippen molar-refractivity contribution in [2.45, 2.75) is 38.6 Å². The Kier molecular flexibility index (Phi) is 9.10. The summed E-state index contributed by atoms with van der Waals surface area (Å²) < 4.78 is 29.5. The largest absolute Gasteiger partial charge is 0.481 e. The molecule has 0 aromatic heterocycles. The maximum atomic E-state index is 11.7. The van der Waals surface area contributed by atoms with Gasteiger partial charge in [0.15, 0.2) is 0 Å². The lowest BCUT2D eigenvalue weighted by molar-refractivity contribution is -0.139. The second-order valence-corrected chi connectivity index (χ2v) is 5.96. The number of hydrogen-bond donors (Lipinski definition) is 4. The van der Waals surface area contributed by atoms with Crippen molar-refractivity contribution in [2.24, 2.45) is 0 Å². The number of carbonyl (C=O) groups excluding carboxylic acids is 1. The van der Waals surface area contributed by atoms with E-state index in [1.807, 2.05) is 6.92 Å². The summed E-state index contributed by atoms with van der Waals surface area (Å²) in [6, 6.07) is -0.911. The zero-order chi connectivity index (χ0) is 15.6. The predicted molar refractivity (Wildman–Crippen MR) is 73.0 cm³/mol. The molecule has 0 aliphatic carbocycles. The summed E-state index contributed by atoms with van der Waals surface area (Å²) in [5.41, 5.74) is 0. The van der Waals surface area contributed by atoms with Crippen LogP contribution >= 0.6 is 0 Å². The van der Waals surface area contributed by atoms with Gasteiger partial charge in [-0.2, -0.15) is 8.42 Å². The van der Waals surface area contributed by atoms with Crippen molar-refractivity contribution in [1.82, 2.24) is 10.6 Å². The summed E-state index contributed by atoms with van der Waals surface area (Å²) in [4.78, 5) is 22.4. The zero-order valence-electron chi connectivity index (χ0n) is 11.5. The molecule has 0 aromatic carbocycles. The monoisotopic (exact) mass is 310 g/mol. The molecule has 0 aliphatic heterocycles. The van der Waals surface area contributed by atoms with Gasteiger partial charge in [-0.15, -0.1) is 0 Å². The molecule has 0 aliphatic rings. The fourth-order valence-electron chi connectivity index (χ4n) is 1.51. The molecule has 9 heteroatoms. The molecule has 0 unspecified atom stereocenters. The van der Waals surface area contributed by atoms with E-state index in [9.17, 15) is 18.0 Å². The minimum Gasteiger partial charge on any atom is -0.481 e. The molecule has 0 bridgehead atoms. The molecule has 0 fully saturated rings. The van der Waals surface area contributed by atoms with E-state index in [0.29, 0.717) is 6.54 Å². The summed E-state index contributed by atoms with van der Waals surface area (Å²) in [6.45, 7) is 2.28. The van der Waals surface area contributed by atoms with Crippen LogP contribution in [-0.4, -0.2) is 54.8 Å². The number of carbonyl (C=O) groups is 2. The first-order chi connectivity index (χ1) is 9.26. The van der Waals surface area contributed by atoms with Gasteiger partial charge in [0, 0.05) is 6.54 Å². The number of carboxylic acid groups (broad SMARTS) is 1. The van der Waals surface area contributed by atoms with Crippen molar-refractivity contribution in [1.29, 1.82) is 0 Å². The van der Waals surface area contributed by atoms with Crippen LogP contribution in [0.25, 0.3) is 0 Å². The zero-order valence-corrected chi connectivity index (χ0v) is 12.3. The minimum absolute atomic E-state index is 0.259. The lowest BCUT2D eigenvalue weighted by atomic mass is 10.1. The summed E-state index contributed by atoms with van der Waals surface area (Å²) in [7, 11) is -4.14. The topological polar surface area (TPSA) is 133 Å². The van der Waals surface area contributed by atoms with Crippen molar-refractivity contribution >= 4 is 22.0 Å². The highest BCUT2D eigenvalue weighted by Crippen LogP contribution is 1.97. The smallest absolute Gasteiger partial charge is 0.305 e. The number of amides is 1. The lowest BCUT2D eigenvalue weighted by Crippen LogP contribution is -2.46. The van der Waals surface area contributed by atoms with Gasteiger partial charge >= 0.3 is 5.97 Å². The Morgan fingerprint density at radius 2 is 1.85 bits per heavy atom. The Morgan fingerprint density at radius 3 is 2.35 bits per heavy atom. The number of hydrogen-bond acceptors (Lipinski definition) is 5. The van der Waals surface area contributed by atoms with Gasteiger partial charge in [0.2, 0.25) is 5.91 Å². The molecule has 0 rings (SSSR count). The predicted octanol–water partition coefficient (Wildman–Crippen LogP) is -0.386. The quantitative estimate of drug-likeness (QED) is 0.302. The van der Waals surface area contributed by atoms with Crippen LogP contribution in [0.5, 0.6) is 0 Å². The van der Waals surface area contributed by atoms with E-state index >= 15 is 0 Å². The van der Waals surface area contributed by atoms with E-state index in [-0.39, 0.29) is 13.0 Å². The summed E-state index contributed by atoms with van der Waals surface area (Å²) in [5, 5.41) is 13.8. The van der Waals surface area contributed by atoms with Crippen molar-refractivity contribution in [2.75, 3.05) is 18.8 Å². The van der Waals surface area contributed by atoms with Crippen LogP contribution in [0.1, 0.15) is 32.6 Å². The first kappa shape index (κ1) is 18.8. The Hall–Kier alpha value is -1.19. The fourth-order valence-corrected chi connectivity index (χ4v) is 1.87. The number of carboxylic acids is 1. The van der Waals surface area contributed by atoms with Crippen LogP contribution < -0.4 is 10.6 Å². The molecular formula is C11H22N2O6S. The van der Waals surface area contributed by atoms with Crippen molar-refractivity contribution in [3.8, 4) is 0 Å². The van der Waals surface area contributed by atoms with E-state index in [2.05, 4.69) is 10.6 Å². The fraction of sp³-hybridized carbons (Fsp3) is 0.818. The summed E-state index contributed by atoms with van der Waals surface area (Å²) in [5.74, 6) is -2.32. The van der Waals surface area contributed by atoms with Gasteiger partial charge in [0.25, 0.3) is 10.1 Å². The summed E-state index contributed by atoms with van der Waals surface area (Å²) in [6.07, 6.45) is 2.41. The van der Waals surface area contributed by atoms with E-state index in [0.717, 1.165) is 19.3 Å². The molecule has 0 saturated heterocycles. The molecule has 0 heterocycles. The Morgan fingerprint density at radius 1 is 1.20 bits per heavy atom. The number of aliphatic carboxylic acids is 1. The van der Waals surface area contributed by atoms with Crippen molar-refractivity contribution in [3.05, 3.63) is 0 Å². The molecule has 1 amide bonds. The highest BCUT2D eigenvalue weighted by Gasteiger charge is 2.21. The summed E-state index contributed by atoms with van der Waals surface area (Å²) >= 11 is 0. The van der Waals surface area contributed by atoms with E-state index in [1.54, 1.807) is 0 Å². The third kappa shape index (κ3) is 10.7. The second kappa shape index (κ2) is 9.67. The first-order valence-electron chi connectivity index (χ1n) is 6.44. The number of unbranched alkanes of at least 4 members (excludes halogenated alkanes) is 2. The third-order valence-corrected chi connectivity index (χ3v) is 3.25. The van der Waals surface area contributed by atoms with E-state index in [1.165, 1.54) is 0 Å². The van der Waals surface area contributed by atoms with Gasteiger partial charge < -0.3 is 15.7 Å². The van der Waals surface area contributed by atoms with Gasteiger partial charge in [-0.3, -0.25) is 14.1 Å². The standard InChI is InChI=1S/C11H22N2O6S/c1-2-3-4-5-12-9(8-10(14)15)11(16)13-6-7-20(17,18)19/h9,12H,2-8H2,1H3,(H,13,16)(H,14,15)(H,17,18,19)/t9-/m0/s1. The van der Waals surface area contributed by atoms with E-state index < -0.39 is 33.8 Å². The van der Waals surface area contributed by atoms with Crippen molar-refractivity contribution < 1.29 is 27.7 Å². The molecule has 118 valence electrons. The molecule has 0 saturated carbocycles. The molecule has 1 atom stereocenters. The van der Waals surface area contributed by atoms with Crippen LogP contribution in [0.2, 0.25) is 0 Å². The average molecular weight is 310 g/mol. The molecule has 0 spiro atoms. The highest BCUT2D eigenvalue weighted by atomic mass is 32.2. The van der Waals surface area contributed by atoms with Crippen LogP contribution in [-0.2, 0) is 19.7 Å². The minimum atomic E-state index is -4.14. The van der Waals surface area contributed by atoms with Gasteiger partial charge in [-0.25, -0.2) is 0 Å². The molecule has 20 heavy (non-hydrogen) atoms. The maximum Gasteiger partial charge on any atom is 0.305 e. The molecular weight excluding hydrogens is 288 g/mol. The van der Waals surface area contributed by atoms with Gasteiger partial charge in [0.05, 0.1) is 18.2 Å². The lowest BCUT2D eigenvalue weighted by Gasteiger charge is -2.16. The maximum absolute atomic E-state index is 11.7.